The second kappa shape index (κ2) is 4.30. The Morgan fingerprint density at radius 2 is 2.29 bits per heavy atom. The normalized spacial score (nSPS) is 14.7. The third-order valence-corrected chi connectivity index (χ3v) is 3.43. The Labute approximate surface area is 100 Å². The van der Waals surface area contributed by atoms with Crippen LogP contribution in [-0.2, 0) is 4.79 Å². The van der Waals surface area contributed by atoms with E-state index in [-0.39, 0.29) is 5.75 Å². The Morgan fingerprint density at radius 1 is 1.53 bits per heavy atom. The quantitative estimate of drug-likeness (QED) is 0.530. The molecule has 0 aromatic carbocycles. The molecule has 2 aromatic rings. The summed E-state index contributed by atoms with van der Waals surface area (Å²) < 4.78 is 0. The fourth-order valence-corrected chi connectivity index (χ4v) is 2.08. The number of fused-ring (bicyclic) bond motifs is 1. The summed E-state index contributed by atoms with van der Waals surface area (Å²) in [6.07, 6.45) is 2.83. The number of aromatic amines is 1. The van der Waals surface area contributed by atoms with Crippen LogP contribution in [0.15, 0.2) is 17.7 Å². The Morgan fingerprint density at radius 3 is 3.00 bits per heavy atom. The number of carboxylic acid groups (broad SMARTS) is 1. The summed E-state index contributed by atoms with van der Waals surface area (Å²) in [6.45, 7) is 1.24. The van der Waals surface area contributed by atoms with Gasteiger partial charge in [0.15, 0.2) is 11.2 Å². The van der Waals surface area contributed by atoms with Gasteiger partial charge in [0.1, 0.15) is 16.9 Å². The third-order valence-electron chi connectivity index (χ3n) is 2.14. The van der Waals surface area contributed by atoms with Gasteiger partial charge < -0.3 is 15.2 Å². The van der Waals surface area contributed by atoms with Gasteiger partial charge in [-0.15, -0.1) is 11.8 Å². The van der Waals surface area contributed by atoms with Crippen LogP contribution in [0.5, 0.6) is 0 Å². The smallest absolute Gasteiger partial charge is 0.336 e. The molecule has 17 heavy (non-hydrogen) atoms. The predicted molar refractivity (Wildman–Crippen MR) is 60.7 cm³/mol. The topological polar surface area (TPSA) is 112 Å². The van der Waals surface area contributed by atoms with E-state index in [9.17, 15) is 9.90 Å². The van der Waals surface area contributed by atoms with Gasteiger partial charge in [-0.1, -0.05) is 0 Å². The molecule has 0 bridgehead atoms. The van der Waals surface area contributed by atoms with E-state index < -0.39 is 11.6 Å². The summed E-state index contributed by atoms with van der Waals surface area (Å²) in [5, 5.41) is 18.9. The summed E-state index contributed by atoms with van der Waals surface area (Å²) in [5.41, 5.74) is -0.641. The van der Waals surface area contributed by atoms with E-state index in [4.69, 9.17) is 5.11 Å². The first-order valence-electron chi connectivity index (χ1n) is 4.73. The van der Waals surface area contributed by atoms with Gasteiger partial charge in [0.25, 0.3) is 0 Å². The fraction of sp³-hybridized carbons (Fsp3) is 0.333. The van der Waals surface area contributed by atoms with E-state index in [1.54, 1.807) is 0 Å². The summed E-state index contributed by atoms with van der Waals surface area (Å²) in [5.74, 6) is -1.27. The van der Waals surface area contributed by atoms with Crippen LogP contribution in [-0.4, -0.2) is 47.5 Å². The highest BCUT2D eigenvalue weighted by Crippen LogP contribution is 2.25. The van der Waals surface area contributed by atoms with Gasteiger partial charge >= 0.3 is 5.97 Å². The van der Waals surface area contributed by atoms with Crippen LogP contribution in [0.3, 0.4) is 0 Å². The molecule has 1 atom stereocenters. The minimum Gasteiger partial charge on any atom is -0.479 e. The van der Waals surface area contributed by atoms with Crippen LogP contribution in [0.1, 0.15) is 6.92 Å². The van der Waals surface area contributed by atoms with E-state index in [0.29, 0.717) is 16.2 Å². The minimum absolute atomic E-state index is 0.00648. The van der Waals surface area contributed by atoms with Crippen molar-refractivity contribution in [3.63, 3.8) is 0 Å². The van der Waals surface area contributed by atoms with E-state index in [2.05, 4.69) is 19.9 Å². The molecule has 8 heteroatoms. The standard InChI is InChI=1S/C9H10N4O3S/c1-9(16,8(14)15)2-17-7-5-6(11-3-10-5)12-4-13-7/h3-4,16H,2H2,1H3,(H,14,15)(H,10,11,12,13). The summed E-state index contributed by atoms with van der Waals surface area (Å²) >= 11 is 1.14. The molecule has 0 aliphatic carbocycles. The van der Waals surface area contributed by atoms with Crippen LogP contribution in [0.4, 0.5) is 0 Å². The first-order valence-corrected chi connectivity index (χ1v) is 5.72. The van der Waals surface area contributed by atoms with E-state index >= 15 is 0 Å². The zero-order valence-electron chi connectivity index (χ0n) is 8.91. The SMILES string of the molecule is CC(O)(CSc1ncnc2nc[nH]c12)C(=O)O. The van der Waals surface area contributed by atoms with Gasteiger partial charge in [-0.3, -0.25) is 0 Å². The van der Waals surface area contributed by atoms with Gasteiger partial charge in [0.05, 0.1) is 6.33 Å². The van der Waals surface area contributed by atoms with Crippen molar-refractivity contribution < 1.29 is 15.0 Å². The summed E-state index contributed by atoms with van der Waals surface area (Å²) in [4.78, 5) is 25.5. The average Bonchev–Trinajstić information content (AvgIpc) is 2.74. The first-order chi connectivity index (χ1) is 8.00. The fourth-order valence-electron chi connectivity index (χ4n) is 1.12. The van der Waals surface area contributed by atoms with Gasteiger partial charge in [-0.25, -0.2) is 19.7 Å². The van der Waals surface area contributed by atoms with Gasteiger partial charge in [0, 0.05) is 5.75 Å². The molecule has 3 N–H and O–H groups in total. The van der Waals surface area contributed by atoms with Crippen molar-refractivity contribution in [1.82, 2.24) is 19.9 Å². The Bertz CT molecular complexity index is 554. The molecule has 0 aliphatic rings. The molecular formula is C9H10N4O3S. The van der Waals surface area contributed by atoms with Gasteiger partial charge in [0.2, 0.25) is 0 Å². The molecule has 0 fully saturated rings. The van der Waals surface area contributed by atoms with E-state index in [1.165, 1.54) is 19.6 Å². The predicted octanol–water partition coefficient (Wildman–Crippen LogP) is 0.281. The molecule has 2 rings (SSSR count). The zero-order valence-corrected chi connectivity index (χ0v) is 9.73. The van der Waals surface area contributed by atoms with Crippen molar-refractivity contribution in [3.05, 3.63) is 12.7 Å². The van der Waals surface area contributed by atoms with Crippen molar-refractivity contribution in [2.45, 2.75) is 17.6 Å². The highest BCUT2D eigenvalue weighted by Gasteiger charge is 2.30. The van der Waals surface area contributed by atoms with Gasteiger partial charge in [-0.05, 0) is 6.92 Å². The summed E-state index contributed by atoms with van der Waals surface area (Å²) in [7, 11) is 0. The van der Waals surface area contributed by atoms with Crippen LogP contribution in [0.2, 0.25) is 0 Å². The molecule has 0 saturated heterocycles. The minimum atomic E-state index is -1.79. The second-order valence-corrected chi connectivity index (χ2v) is 4.61. The number of hydrogen-bond acceptors (Lipinski definition) is 6. The molecular weight excluding hydrogens is 244 g/mol. The number of imidazole rings is 1. The first kappa shape index (κ1) is 11.8. The van der Waals surface area contributed by atoms with Crippen molar-refractivity contribution in [3.8, 4) is 0 Å². The highest BCUT2D eigenvalue weighted by molar-refractivity contribution is 7.99. The lowest BCUT2D eigenvalue weighted by Gasteiger charge is -2.16. The Balaban J connectivity index is 2.19. The molecule has 90 valence electrons. The highest BCUT2D eigenvalue weighted by atomic mass is 32.2. The number of aliphatic carboxylic acids is 1. The van der Waals surface area contributed by atoms with Crippen LogP contribution in [0, 0.1) is 0 Å². The lowest BCUT2D eigenvalue weighted by molar-refractivity contribution is -0.154. The number of aromatic nitrogens is 4. The lowest BCUT2D eigenvalue weighted by atomic mass is 10.1. The number of carboxylic acids is 1. The Hall–Kier alpha value is -1.67. The molecule has 2 aromatic heterocycles. The molecule has 0 radical (unpaired) electrons. The number of rotatable bonds is 4. The van der Waals surface area contributed by atoms with Gasteiger partial charge in [-0.2, -0.15) is 0 Å². The van der Waals surface area contributed by atoms with Crippen LogP contribution < -0.4 is 0 Å². The number of nitrogens with one attached hydrogen (secondary N) is 1. The monoisotopic (exact) mass is 254 g/mol. The maximum Gasteiger partial charge on any atom is 0.336 e. The van der Waals surface area contributed by atoms with E-state index in [1.807, 2.05) is 0 Å². The number of H-pyrrole nitrogens is 1. The van der Waals surface area contributed by atoms with Crippen molar-refractivity contribution in [2.75, 3.05) is 5.75 Å². The van der Waals surface area contributed by atoms with Crippen molar-refractivity contribution >= 4 is 28.9 Å². The lowest BCUT2D eigenvalue weighted by Crippen LogP contribution is -2.37. The number of carbonyl (C=O) groups is 1. The largest absolute Gasteiger partial charge is 0.479 e. The molecule has 0 spiro atoms. The molecule has 0 amide bonds. The number of hydrogen-bond donors (Lipinski definition) is 3. The second-order valence-electron chi connectivity index (χ2n) is 3.65. The maximum absolute atomic E-state index is 10.7. The Kier molecular flexibility index (Phi) is 2.99. The third kappa shape index (κ3) is 2.37. The van der Waals surface area contributed by atoms with Crippen molar-refractivity contribution in [1.29, 1.82) is 0 Å². The molecule has 7 nitrogen and oxygen atoms in total. The molecule has 1 unspecified atom stereocenters. The van der Waals surface area contributed by atoms with Crippen LogP contribution in [0.25, 0.3) is 11.2 Å². The average molecular weight is 254 g/mol. The van der Waals surface area contributed by atoms with Crippen molar-refractivity contribution in [2.24, 2.45) is 0 Å². The number of nitrogens with zero attached hydrogens (tertiary/aromatic N) is 3. The van der Waals surface area contributed by atoms with E-state index in [0.717, 1.165) is 11.8 Å². The molecule has 0 aliphatic heterocycles. The number of aliphatic hydroxyl groups is 1. The molecule has 0 saturated carbocycles. The molecule has 2 heterocycles. The van der Waals surface area contributed by atoms with Crippen LogP contribution >= 0.6 is 11.8 Å². The number of thioether (sulfide) groups is 1. The maximum atomic E-state index is 10.7. The zero-order chi connectivity index (χ0) is 12.5. The summed E-state index contributed by atoms with van der Waals surface area (Å²) in [6, 6.07) is 0.